The molecule has 2 aromatic carbocycles. The third-order valence-electron chi connectivity index (χ3n) is 7.08. The minimum Gasteiger partial charge on any atom is -0.355 e. The van der Waals surface area contributed by atoms with Crippen molar-refractivity contribution in [2.45, 2.75) is 51.5 Å². The van der Waals surface area contributed by atoms with Crippen LogP contribution in [0.2, 0.25) is 0 Å². The van der Waals surface area contributed by atoms with Gasteiger partial charge in [0.2, 0.25) is 0 Å². The van der Waals surface area contributed by atoms with Crippen molar-refractivity contribution < 1.29 is 9.59 Å². The summed E-state index contributed by atoms with van der Waals surface area (Å²) in [5.41, 5.74) is 7.59. The van der Waals surface area contributed by atoms with Gasteiger partial charge in [-0.05, 0) is 56.5 Å². The summed E-state index contributed by atoms with van der Waals surface area (Å²) in [5, 5.41) is 2.25. The van der Waals surface area contributed by atoms with Crippen molar-refractivity contribution in [2.75, 3.05) is 0 Å². The zero-order valence-electron chi connectivity index (χ0n) is 20.0. The Labute approximate surface area is 200 Å². The zero-order valence-corrected chi connectivity index (χ0v) is 20.0. The summed E-state index contributed by atoms with van der Waals surface area (Å²) in [5.74, 6) is 0.235. The molecule has 34 heavy (non-hydrogen) atoms. The van der Waals surface area contributed by atoms with Gasteiger partial charge in [-0.3, -0.25) is 0 Å². The molecule has 2 atom stereocenters. The number of hydrogen-bond donors (Lipinski definition) is 1. The third kappa shape index (κ3) is 3.54. The van der Waals surface area contributed by atoms with Crippen LogP contribution < -0.4 is 0 Å². The summed E-state index contributed by atoms with van der Waals surface area (Å²) in [6, 6.07) is 16.5. The number of nitrogens with one attached hydrogen (secondary N) is 1. The first-order valence-electron chi connectivity index (χ1n) is 11.9. The number of allylic oxidation sites excluding steroid dienone is 3. The van der Waals surface area contributed by atoms with E-state index in [2.05, 4.69) is 72.8 Å². The lowest BCUT2D eigenvalue weighted by Gasteiger charge is -2.25. The van der Waals surface area contributed by atoms with Crippen LogP contribution >= 0.6 is 0 Å². The van der Waals surface area contributed by atoms with Crippen molar-refractivity contribution in [3.63, 3.8) is 0 Å². The standard InChI is InChI=1S/C30H30N2O2/c1-20(2)18-21-19-30(3,32-28-11-7-5-9-24(28)25(14-17-34)29(21)32)15-12-27-23(13-16-33)22-8-4-6-10-26(22)31-27/h4-12,15-18,21,31H,13-14,19H2,1-3H3/b15-12+/t21-,30+/m0/s1. The van der Waals surface area contributed by atoms with Crippen LogP contribution in [-0.2, 0) is 28.0 Å². The van der Waals surface area contributed by atoms with E-state index in [0.717, 1.165) is 57.6 Å². The molecule has 1 N–H and O–H groups in total. The Morgan fingerprint density at radius 3 is 2.41 bits per heavy atom. The number of rotatable bonds is 7. The smallest absolute Gasteiger partial charge is 0.124 e. The summed E-state index contributed by atoms with van der Waals surface area (Å²) in [4.78, 5) is 26.6. The lowest BCUT2D eigenvalue weighted by Crippen LogP contribution is -2.23. The van der Waals surface area contributed by atoms with Crippen molar-refractivity contribution in [1.82, 2.24) is 9.55 Å². The number of aldehydes is 2. The molecule has 0 amide bonds. The highest BCUT2D eigenvalue weighted by Gasteiger charge is 2.41. The molecule has 0 saturated heterocycles. The minimum absolute atomic E-state index is 0.235. The van der Waals surface area contributed by atoms with E-state index in [4.69, 9.17) is 0 Å². The molecule has 4 heteroatoms. The number of nitrogens with zero attached hydrogens (tertiary/aromatic N) is 1. The molecule has 4 nitrogen and oxygen atoms in total. The lowest BCUT2D eigenvalue weighted by molar-refractivity contribution is -0.108. The van der Waals surface area contributed by atoms with Crippen molar-refractivity contribution in [1.29, 1.82) is 0 Å². The summed E-state index contributed by atoms with van der Waals surface area (Å²) in [7, 11) is 0. The van der Waals surface area contributed by atoms with Crippen LogP contribution in [-0.4, -0.2) is 22.1 Å². The van der Waals surface area contributed by atoms with E-state index >= 15 is 0 Å². The molecule has 1 aliphatic heterocycles. The summed E-state index contributed by atoms with van der Waals surface area (Å²) in [6.07, 6.45) is 10.4. The van der Waals surface area contributed by atoms with Gasteiger partial charge < -0.3 is 19.1 Å². The fraction of sp³-hybridized carbons (Fsp3) is 0.267. The summed E-state index contributed by atoms with van der Waals surface area (Å²) in [6.45, 7) is 6.53. The number of aromatic nitrogens is 2. The molecule has 0 aliphatic carbocycles. The van der Waals surface area contributed by atoms with Gasteiger partial charge >= 0.3 is 0 Å². The van der Waals surface area contributed by atoms with Crippen LogP contribution in [0.3, 0.4) is 0 Å². The maximum atomic E-state index is 11.6. The van der Waals surface area contributed by atoms with Crippen LogP contribution in [0.15, 0.2) is 66.3 Å². The van der Waals surface area contributed by atoms with Gasteiger partial charge in [0.1, 0.15) is 12.6 Å². The van der Waals surface area contributed by atoms with E-state index in [1.807, 2.05) is 24.3 Å². The summed E-state index contributed by atoms with van der Waals surface area (Å²) < 4.78 is 2.43. The average molecular weight is 451 g/mol. The monoisotopic (exact) mass is 450 g/mol. The van der Waals surface area contributed by atoms with E-state index in [0.29, 0.717) is 12.8 Å². The van der Waals surface area contributed by atoms with Crippen LogP contribution in [0.5, 0.6) is 0 Å². The van der Waals surface area contributed by atoms with Crippen LogP contribution in [0.1, 0.15) is 55.6 Å². The Hall–Kier alpha value is -3.66. The quantitative estimate of drug-likeness (QED) is 0.258. The van der Waals surface area contributed by atoms with Crippen molar-refractivity contribution in [2.24, 2.45) is 0 Å². The SMILES string of the molecule is CC(C)=C[C@H]1C[C@@](C)(/C=C/c2[nH]c3ccccc3c2CC=O)n2c1c(CC=O)c1ccccc12. The molecule has 0 fully saturated rings. The molecule has 4 aromatic rings. The van der Waals surface area contributed by atoms with Crippen molar-refractivity contribution in [3.8, 4) is 0 Å². The van der Waals surface area contributed by atoms with Gasteiger partial charge in [-0.25, -0.2) is 0 Å². The largest absolute Gasteiger partial charge is 0.355 e. The Morgan fingerprint density at radius 1 is 1.00 bits per heavy atom. The Bertz CT molecular complexity index is 1460. The van der Waals surface area contributed by atoms with Gasteiger partial charge in [0, 0.05) is 52.0 Å². The number of carbonyl (C=O) groups is 2. The zero-order chi connectivity index (χ0) is 23.9. The predicted octanol–water partition coefficient (Wildman–Crippen LogP) is 6.49. The number of carbonyl (C=O) groups excluding carboxylic acids is 2. The van der Waals surface area contributed by atoms with Crippen molar-refractivity contribution >= 4 is 40.5 Å². The number of hydrogen-bond acceptors (Lipinski definition) is 2. The highest BCUT2D eigenvalue weighted by Crippen LogP contribution is 2.49. The van der Waals surface area contributed by atoms with E-state index in [9.17, 15) is 9.59 Å². The van der Waals surface area contributed by atoms with Gasteiger partial charge in [-0.1, -0.05) is 54.1 Å². The number of fused-ring (bicyclic) bond motifs is 4. The molecular formula is C30H30N2O2. The second-order valence-electron chi connectivity index (χ2n) is 9.77. The van der Waals surface area contributed by atoms with E-state index in [-0.39, 0.29) is 11.5 Å². The first-order valence-corrected chi connectivity index (χ1v) is 11.9. The summed E-state index contributed by atoms with van der Waals surface area (Å²) >= 11 is 0. The molecule has 2 aromatic heterocycles. The Kier molecular flexibility index (Phi) is 5.60. The molecular weight excluding hydrogens is 420 g/mol. The van der Waals surface area contributed by atoms with E-state index in [1.54, 1.807) is 0 Å². The molecule has 172 valence electrons. The average Bonchev–Trinajstić information content (AvgIpc) is 3.43. The van der Waals surface area contributed by atoms with Gasteiger partial charge in [0.15, 0.2) is 0 Å². The third-order valence-corrected chi connectivity index (χ3v) is 7.08. The van der Waals surface area contributed by atoms with E-state index in [1.165, 1.54) is 11.3 Å². The maximum Gasteiger partial charge on any atom is 0.124 e. The highest BCUT2D eigenvalue weighted by atomic mass is 16.1. The van der Waals surface area contributed by atoms with Gasteiger partial charge in [-0.15, -0.1) is 0 Å². The van der Waals surface area contributed by atoms with Crippen LogP contribution in [0.4, 0.5) is 0 Å². The fourth-order valence-corrected chi connectivity index (χ4v) is 5.81. The number of para-hydroxylation sites is 2. The first-order chi connectivity index (χ1) is 16.5. The maximum absolute atomic E-state index is 11.6. The first kappa shape index (κ1) is 22.1. The molecule has 0 bridgehead atoms. The van der Waals surface area contributed by atoms with Crippen molar-refractivity contribution in [3.05, 3.63) is 88.8 Å². The molecule has 0 saturated carbocycles. The van der Waals surface area contributed by atoms with E-state index < -0.39 is 0 Å². The second-order valence-corrected chi connectivity index (χ2v) is 9.77. The fourth-order valence-electron chi connectivity index (χ4n) is 5.81. The van der Waals surface area contributed by atoms with Crippen LogP contribution in [0.25, 0.3) is 27.9 Å². The Morgan fingerprint density at radius 2 is 1.68 bits per heavy atom. The van der Waals surface area contributed by atoms with Crippen LogP contribution in [0, 0.1) is 0 Å². The minimum atomic E-state index is -0.275. The lowest BCUT2D eigenvalue weighted by atomic mass is 9.88. The molecule has 0 unspecified atom stereocenters. The van der Waals surface area contributed by atoms with Gasteiger partial charge in [0.05, 0.1) is 5.54 Å². The highest BCUT2D eigenvalue weighted by molar-refractivity contribution is 5.90. The molecule has 1 aliphatic rings. The Balaban J connectivity index is 1.69. The normalized spacial score (nSPS) is 19.7. The predicted molar refractivity (Wildman–Crippen MR) is 139 cm³/mol. The van der Waals surface area contributed by atoms with Gasteiger partial charge in [-0.2, -0.15) is 0 Å². The number of H-pyrrole nitrogens is 1. The molecule has 0 radical (unpaired) electrons. The molecule has 0 spiro atoms. The number of aromatic amines is 1. The molecule has 3 heterocycles. The number of benzene rings is 2. The van der Waals surface area contributed by atoms with Gasteiger partial charge in [0.25, 0.3) is 0 Å². The molecule has 5 rings (SSSR count). The second kappa shape index (κ2) is 8.60. The topological polar surface area (TPSA) is 54.9 Å².